The Balaban J connectivity index is 1.53. The van der Waals surface area contributed by atoms with E-state index >= 15 is 0 Å². The number of hydrogen-bond donors (Lipinski definition) is 1. The van der Waals surface area contributed by atoms with Crippen LogP contribution in [0.1, 0.15) is 0 Å². The zero-order valence-electron chi connectivity index (χ0n) is 14.2. The van der Waals surface area contributed by atoms with Gasteiger partial charge in [0.25, 0.3) is 0 Å². The number of rotatable bonds is 4. The quantitative estimate of drug-likeness (QED) is 0.756. The highest BCUT2D eigenvalue weighted by Crippen LogP contribution is 2.26. The first kappa shape index (κ1) is 16.3. The molecular formula is C18H19N5O3. The van der Waals surface area contributed by atoms with E-state index in [1.165, 1.54) is 9.08 Å². The molecule has 2 aromatic heterocycles. The van der Waals surface area contributed by atoms with Crippen molar-refractivity contribution in [3.8, 4) is 0 Å². The lowest BCUT2D eigenvalue weighted by atomic mass is 10.2. The number of hydrogen-bond acceptors (Lipinski definition) is 5. The van der Waals surface area contributed by atoms with E-state index in [2.05, 4.69) is 15.3 Å². The number of nitrogens with zero attached hydrogens (tertiary/aromatic N) is 4. The summed E-state index contributed by atoms with van der Waals surface area (Å²) >= 11 is 0. The second-order valence-electron chi connectivity index (χ2n) is 6.03. The number of pyridine rings is 1. The van der Waals surface area contributed by atoms with Crippen LogP contribution < -0.4 is 15.9 Å². The minimum Gasteiger partial charge on any atom is -0.378 e. The van der Waals surface area contributed by atoms with Crippen molar-refractivity contribution < 1.29 is 9.53 Å². The van der Waals surface area contributed by atoms with E-state index < -0.39 is 0 Å². The van der Waals surface area contributed by atoms with E-state index in [1.807, 2.05) is 24.3 Å². The zero-order valence-corrected chi connectivity index (χ0v) is 14.2. The fraction of sp³-hybridized carbons (Fsp3) is 0.278. The summed E-state index contributed by atoms with van der Waals surface area (Å²) in [4.78, 5) is 27.0. The van der Waals surface area contributed by atoms with Crippen LogP contribution in [-0.2, 0) is 16.1 Å². The fourth-order valence-electron chi connectivity index (χ4n) is 3.06. The van der Waals surface area contributed by atoms with Gasteiger partial charge in [-0.3, -0.25) is 9.20 Å². The van der Waals surface area contributed by atoms with Gasteiger partial charge in [0.1, 0.15) is 6.54 Å². The summed E-state index contributed by atoms with van der Waals surface area (Å²) in [5, 5.41) is 7.08. The predicted molar refractivity (Wildman–Crippen MR) is 97.6 cm³/mol. The van der Waals surface area contributed by atoms with Crippen molar-refractivity contribution in [1.82, 2.24) is 14.2 Å². The van der Waals surface area contributed by atoms with Crippen molar-refractivity contribution in [3.63, 3.8) is 0 Å². The number of fused-ring (bicyclic) bond motifs is 1. The first-order valence-corrected chi connectivity index (χ1v) is 8.48. The van der Waals surface area contributed by atoms with Crippen molar-refractivity contribution in [3.05, 3.63) is 59.1 Å². The molecule has 1 aliphatic rings. The van der Waals surface area contributed by atoms with Gasteiger partial charge in [-0.15, -0.1) is 5.10 Å². The molecule has 1 N–H and O–H groups in total. The summed E-state index contributed by atoms with van der Waals surface area (Å²) in [5.41, 5.74) is 1.85. The number of nitrogens with one attached hydrogen (secondary N) is 1. The monoisotopic (exact) mass is 353 g/mol. The molecule has 0 saturated carbocycles. The zero-order chi connectivity index (χ0) is 17.9. The number of para-hydroxylation sites is 2. The third-order valence-corrected chi connectivity index (χ3v) is 4.31. The lowest BCUT2D eigenvalue weighted by molar-refractivity contribution is -0.117. The number of benzene rings is 1. The van der Waals surface area contributed by atoms with E-state index in [0.717, 1.165) is 24.5 Å². The van der Waals surface area contributed by atoms with Gasteiger partial charge in [-0.05, 0) is 24.3 Å². The molecule has 4 rings (SSSR count). The number of morpholine rings is 1. The Morgan fingerprint density at radius 3 is 2.69 bits per heavy atom. The summed E-state index contributed by atoms with van der Waals surface area (Å²) in [6.07, 6.45) is 1.63. The SMILES string of the molecule is O=C(Cn1nc2ccccn2c1=O)Nc1ccccc1N1CCOCC1. The lowest BCUT2D eigenvalue weighted by Crippen LogP contribution is -2.37. The standard InChI is InChI=1S/C18H19N5O3/c24-17(13-23-18(25)22-8-4-3-7-16(22)20-23)19-14-5-1-2-6-15(14)21-9-11-26-12-10-21/h1-8H,9-13H2,(H,19,24). The van der Waals surface area contributed by atoms with E-state index in [1.54, 1.807) is 24.4 Å². The third kappa shape index (κ3) is 3.18. The molecule has 0 aliphatic carbocycles. The van der Waals surface area contributed by atoms with Gasteiger partial charge in [0.2, 0.25) is 5.91 Å². The maximum Gasteiger partial charge on any atom is 0.350 e. The first-order valence-electron chi connectivity index (χ1n) is 8.48. The van der Waals surface area contributed by atoms with E-state index in [4.69, 9.17) is 4.74 Å². The number of carbonyl (C=O) groups is 1. The molecule has 3 heterocycles. The van der Waals surface area contributed by atoms with Gasteiger partial charge in [-0.25, -0.2) is 9.48 Å². The van der Waals surface area contributed by atoms with Crippen LogP contribution in [0.4, 0.5) is 11.4 Å². The molecule has 0 radical (unpaired) electrons. The smallest absolute Gasteiger partial charge is 0.350 e. The maximum atomic E-state index is 12.5. The molecule has 1 saturated heterocycles. The second kappa shape index (κ2) is 7.01. The molecular weight excluding hydrogens is 334 g/mol. The Kier molecular flexibility index (Phi) is 4.40. The minimum absolute atomic E-state index is 0.141. The molecule has 1 aliphatic heterocycles. The molecule has 3 aromatic rings. The van der Waals surface area contributed by atoms with Crippen LogP contribution in [0.2, 0.25) is 0 Å². The molecule has 0 atom stereocenters. The summed E-state index contributed by atoms with van der Waals surface area (Å²) in [6.45, 7) is 2.74. The van der Waals surface area contributed by atoms with Gasteiger partial charge in [0.05, 0.1) is 24.6 Å². The molecule has 26 heavy (non-hydrogen) atoms. The predicted octanol–water partition coefficient (Wildman–Crippen LogP) is 0.971. The van der Waals surface area contributed by atoms with Crippen LogP contribution >= 0.6 is 0 Å². The maximum absolute atomic E-state index is 12.5. The highest BCUT2D eigenvalue weighted by Gasteiger charge is 2.16. The number of anilines is 2. The average Bonchev–Trinajstić information content (AvgIpc) is 2.99. The van der Waals surface area contributed by atoms with Gasteiger partial charge in [0.15, 0.2) is 5.65 Å². The van der Waals surface area contributed by atoms with Gasteiger partial charge in [-0.2, -0.15) is 0 Å². The third-order valence-electron chi connectivity index (χ3n) is 4.31. The van der Waals surface area contributed by atoms with Crippen LogP contribution in [0.25, 0.3) is 5.65 Å². The molecule has 0 spiro atoms. The van der Waals surface area contributed by atoms with Crippen LogP contribution in [0, 0.1) is 0 Å². The van der Waals surface area contributed by atoms with Gasteiger partial charge in [0, 0.05) is 19.3 Å². The Bertz CT molecular complexity index is 988. The summed E-state index contributed by atoms with van der Waals surface area (Å²) < 4.78 is 7.97. The number of aromatic nitrogens is 3. The Hall–Kier alpha value is -3.13. The van der Waals surface area contributed by atoms with Crippen LogP contribution in [-0.4, -0.2) is 46.4 Å². The fourth-order valence-corrected chi connectivity index (χ4v) is 3.06. The topological polar surface area (TPSA) is 80.9 Å². The van der Waals surface area contributed by atoms with Crippen molar-refractivity contribution in [2.45, 2.75) is 6.54 Å². The van der Waals surface area contributed by atoms with Crippen molar-refractivity contribution in [1.29, 1.82) is 0 Å². The largest absolute Gasteiger partial charge is 0.378 e. The minimum atomic E-state index is -0.336. The van der Waals surface area contributed by atoms with Crippen molar-refractivity contribution in [2.24, 2.45) is 0 Å². The van der Waals surface area contributed by atoms with Gasteiger partial charge < -0.3 is 15.0 Å². The molecule has 1 amide bonds. The van der Waals surface area contributed by atoms with E-state index in [0.29, 0.717) is 18.9 Å². The molecule has 8 heteroatoms. The lowest BCUT2D eigenvalue weighted by Gasteiger charge is -2.30. The second-order valence-corrected chi connectivity index (χ2v) is 6.03. The Labute approximate surface area is 149 Å². The van der Waals surface area contributed by atoms with Gasteiger partial charge >= 0.3 is 5.69 Å². The molecule has 1 fully saturated rings. The Morgan fingerprint density at radius 2 is 1.88 bits per heavy atom. The molecule has 1 aromatic carbocycles. The van der Waals surface area contributed by atoms with E-state index in [-0.39, 0.29) is 18.1 Å². The highest BCUT2D eigenvalue weighted by atomic mass is 16.5. The van der Waals surface area contributed by atoms with Crippen LogP contribution in [0.5, 0.6) is 0 Å². The van der Waals surface area contributed by atoms with Crippen molar-refractivity contribution >= 4 is 22.9 Å². The Morgan fingerprint density at radius 1 is 1.12 bits per heavy atom. The van der Waals surface area contributed by atoms with E-state index in [9.17, 15) is 9.59 Å². The first-order chi connectivity index (χ1) is 12.7. The number of amides is 1. The molecule has 134 valence electrons. The molecule has 8 nitrogen and oxygen atoms in total. The van der Waals surface area contributed by atoms with Gasteiger partial charge in [-0.1, -0.05) is 18.2 Å². The number of ether oxygens (including phenoxy) is 1. The highest BCUT2D eigenvalue weighted by molar-refractivity contribution is 5.94. The number of carbonyl (C=O) groups excluding carboxylic acids is 1. The summed E-state index contributed by atoms with van der Waals surface area (Å²) in [5.74, 6) is -0.295. The average molecular weight is 353 g/mol. The van der Waals surface area contributed by atoms with Crippen molar-refractivity contribution in [2.75, 3.05) is 36.5 Å². The summed E-state index contributed by atoms with van der Waals surface area (Å²) in [7, 11) is 0. The molecule has 0 bridgehead atoms. The van der Waals surface area contributed by atoms with Crippen LogP contribution in [0.15, 0.2) is 53.5 Å². The normalized spacial score (nSPS) is 14.5. The summed E-state index contributed by atoms with van der Waals surface area (Å²) in [6, 6.07) is 12.9. The molecule has 0 unspecified atom stereocenters. The van der Waals surface area contributed by atoms with Crippen LogP contribution in [0.3, 0.4) is 0 Å².